The van der Waals surface area contributed by atoms with Gasteiger partial charge in [-0.1, -0.05) is 12.1 Å². The van der Waals surface area contributed by atoms with Gasteiger partial charge in [0.05, 0.1) is 5.25 Å². The van der Waals surface area contributed by atoms with E-state index in [-0.39, 0.29) is 6.61 Å². The molecule has 1 saturated heterocycles. The van der Waals surface area contributed by atoms with Gasteiger partial charge in [-0.05, 0) is 12.8 Å². The van der Waals surface area contributed by atoms with Crippen molar-refractivity contribution in [3.05, 3.63) is 11.7 Å². The molecule has 2 rings (SSSR count). The molecule has 1 fully saturated rings. The summed E-state index contributed by atoms with van der Waals surface area (Å²) in [6.45, 7) is 2.45. The molecule has 2 heterocycles. The normalized spacial score (nSPS) is 25.1. The van der Waals surface area contributed by atoms with Crippen molar-refractivity contribution in [2.75, 3.05) is 18.1 Å². The summed E-state index contributed by atoms with van der Waals surface area (Å²) in [4.78, 5) is 4.46. The maximum Gasteiger partial charge on any atom is 0.226 e. The van der Waals surface area contributed by atoms with Crippen molar-refractivity contribution in [1.82, 2.24) is 10.1 Å². The van der Waals surface area contributed by atoms with Gasteiger partial charge in [0.2, 0.25) is 5.89 Å². The summed E-state index contributed by atoms with van der Waals surface area (Å²) in [5.74, 6) is 3.92. The smallest absolute Gasteiger partial charge is 0.226 e. The monoisotopic (exact) mass is 274 g/mol. The maximum absolute atomic E-state index is 8.72. The number of hydrogen-bond acceptors (Lipinski definition) is 6. The average molecular weight is 274 g/mol. The zero-order valence-electron chi connectivity index (χ0n) is 9.96. The van der Waals surface area contributed by atoms with Crippen molar-refractivity contribution in [2.45, 2.75) is 36.7 Å². The van der Waals surface area contributed by atoms with E-state index in [2.05, 4.69) is 17.1 Å². The highest BCUT2D eigenvalue weighted by molar-refractivity contribution is 8.06. The molecule has 0 radical (unpaired) electrons. The Labute approximate surface area is 110 Å². The van der Waals surface area contributed by atoms with Gasteiger partial charge < -0.3 is 9.63 Å². The van der Waals surface area contributed by atoms with Crippen molar-refractivity contribution in [1.29, 1.82) is 0 Å². The van der Waals surface area contributed by atoms with Gasteiger partial charge in [0.1, 0.15) is 0 Å². The zero-order chi connectivity index (χ0) is 12.1. The fourth-order valence-electron chi connectivity index (χ4n) is 1.79. The Balaban J connectivity index is 1.92. The number of nitrogens with zero attached hydrogens (tertiary/aromatic N) is 2. The quantitative estimate of drug-likeness (QED) is 0.831. The molecule has 1 N–H and O–H groups in total. The van der Waals surface area contributed by atoms with Gasteiger partial charge in [0, 0.05) is 29.8 Å². The van der Waals surface area contributed by atoms with Crippen LogP contribution in [0.15, 0.2) is 4.52 Å². The molecule has 0 aromatic carbocycles. The number of unbranched alkanes of at least 4 members (excludes halogenated alkanes) is 1. The predicted octanol–water partition coefficient (Wildman–Crippen LogP) is 2.29. The van der Waals surface area contributed by atoms with Crippen LogP contribution in [0.4, 0.5) is 0 Å². The minimum atomic E-state index is 0.229. The van der Waals surface area contributed by atoms with Crippen molar-refractivity contribution in [3.8, 4) is 0 Å². The van der Waals surface area contributed by atoms with Crippen LogP contribution in [0.25, 0.3) is 0 Å². The molecular weight excluding hydrogens is 256 g/mol. The van der Waals surface area contributed by atoms with E-state index in [4.69, 9.17) is 9.63 Å². The molecule has 6 heteroatoms. The SMILES string of the molecule is CC1SCCSC1c1noc(CCCCO)n1. The summed E-state index contributed by atoms with van der Waals surface area (Å²) < 4.78 is 5.25. The fraction of sp³-hybridized carbons (Fsp3) is 0.818. The first-order chi connectivity index (χ1) is 8.31. The lowest BCUT2D eigenvalue weighted by Crippen LogP contribution is -2.16. The molecule has 0 saturated carbocycles. The summed E-state index contributed by atoms with van der Waals surface area (Å²) in [5.41, 5.74) is 0. The van der Waals surface area contributed by atoms with Gasteiger partial charge >= 0.3 is 0 Å². The number of aryl methyl sites for hydroxylation is 1. The first kappa shape index (κ1) is 13.2. The first-order valence-corrected chi connectivity index (χ1v) is 8.07. The fourth-order valence-corrected chi connectivity index (χ4v) is 4.47. The summed E-state index contributed by atoms with van der Waals surface area (Å²) in [6, 6.07) is 0. The summed E-state index contributed by atoms with van der Waals surface area (Å²) in [5, 5.41) is 13.7. The van der Waals surface area contributed by atoms with Crippen molar-refractivity contribution < 1.29 is 9.63 Å². The van der Waals surface area contributed by atoms with Crippen LogP contribution < -0.4 is 0 Å². The van der Waals surface area contributed by atoms with E-state index >= 15 is 0 Å². The second-order valence-corrected chi connectivity index (χ2v) is 6.83. The zero-order valence-corrected chi connectivity index (χ0v) is 11.6. The molecule has 1 aliphatic rings. The highest BCUT2D eigenvalue weighted by atomic mass is 32.2. The molecule has 2 unspecified atom stereocenters. The third kappa shape index (κ3) is 3.63. The number of aliphatic hydroxyl groups is 1. The van der Waals surface area contributed by atoms with E-state index in [1.807, 2.05) is 23.5 Å². The largest absolute Gasteiger partial charge is 0.396 e. The van der Waals surface area contributed by atoms with Crippen LogP contribution in [0.1, 0.15) is 36.7 Å². The van der Waals surface area contributed by atoms with Crippen LogP contribution in [0.5, 0.6) is 0 Å². The molecule has 0 amide bonds. The Morgan fingerprint density at radius 3 is 2.94 bits per heavy atom. The van der Waals surface area contributed by atoms with E-state index in [1.54, 1.807) is 0 Å². The van der Waals surface area contributed by atoms with Crippen LogP contribution in [0.3, 0.4) is 0 Å². The second kappa shape index (κ2) is 6.66. The maximum atomic E-state index is 8.72. The third-order valence-electron chi connectivity index (χ3n) is 2.72. The predicted molar refractivity (Wildman–Crippen MR) is 71.4 cm³/mol. The molecule has 0 bridgehead atoms. The molecule has 2 atom stereocenters. The molecule has 1 aliphatic heterocycles. The van der Waals surface area contributed by atoms with Gasteiger partial charge in [0.25, 0.3) is 0 Å². The van der Waals surface area contributed by atoms with E-state index < -0.39 is 0 Å². The third-order valence-corrected chi connectivity index (χ3v) is 5.81. The lowest BCUT2D eigenvalue weighted by Gasteiger charge is -2.24. The van der Waals surface area contributed by atoms with Crippen LogP contribution in [-0.2, 0) is 6.42 Å². The van der Waals surface area contributed by atoms with Crippen LogP contribution in [0.2, 0.25) is 0 Å². The molecule has 0 aliphatic carbocycles. The molecule has 1 aromatic rings. The number of aliphatic hydroxyl groups excluding tert-OH is 1. The highest BCUT2D eigenvalue weighted by Crippen LogP contribution is 2.41. The Morgan fingerprint density at radius 2 is 2.18 bits per heavy atom. The van der Waals surface area contributed by atoms with Crippen LogP contribution in [-0.4, -0.2) is 38.6 Å². The highest BCUT2D eigenvalue weighted by Gasteiger charge is 2.28. The summed E-state index contributed by atoms with van der Waals surface area (Å²) >= 11 is 3.90. The van der Waals surface area contributed by atoms with Gasteiger partial charge in [0.15, 0.2) is 5.82 Å². The number of thioether (sulfide) groups is 2. The number of aromatic nitrogens is 2. The summed E-state index contributed by atoms with van der Waals surface area (Å²) in [7, 11) is 0. The van der Waals surface area contributed by atoms with E-state index in [9.17, 15) is 0 Å². The van der Waals surface area contributed by atoms with E-state index in [1.165, 1.54) is 5.75 Å². The van der Waals surface area contributed by atoms with Crippen molar-refractivity contribution in [2.24, 2.45) is 0 Å². The first-order valence-electron chi connectivity index (χ1n) is 5.98. The molecule has 96 valence electrons. The van der Waals surface area contributed by atoms with Crippen molar-refractivity contribution in [3.63, 3.8) is 0 Å². The minimum Gasteiger partial charge on any atom is -0.396 e. The Kier molecular flexibility index (Phi) is 5.18. The van der Waals surface area contributed by atoms with Gasteiger partial charge in [-0.3, -0.25) is 0 Å². The molecular formula is C11H18N2O2S2. The van der Waals surface area contributed by atoms with Crippen molar-refractivity contribution >= 4 is 23.5 Å². The lowest BCUT2D eigenvalue weighted by atomic mass is 10.2. The Bertz CT molecular complexity index is 346. The number of hydrogen-bond donors (Lipinski definition) is 1. The topological polar surface area (TPSA) is 59.2 Å². The van der Waals surface area contributed by atoms with E-state index in [0.29, 0.717) is 16.4 Å². The standard InChI is InChI=1S/C11H18N2O2S2/c1-8-10(17-7-6-16-8)11-12-9(15-13-11)4-2-3-5-14/h8,10,14H,2-7H2,1H3. The van der Waals surface area contributed by atoms with Gasteiger partial charge in [-0.2, -0.15) is 16.7 Å². The Hall–Kier alpha value is -0.200. The molecule has 0 spiro atoms. The minimum absolute atomic E-state index is 0.229. The summed E-state index contributed by atoms with van der Waals surface area (Å²) in [6.07, 6.45) is 2.47. The molecule has 1 aromatic heterocycles. The van der Waals surface area contributed by atoms with Crippen LogP contribution >= 0.6 is 23.5 Å². The van der Waals surface area contributed by atoms with Gasteiger partial charge in [-0.15, -0.1) is 11.8 Å². The number of rotatable bonds is 5. The van der Waals surface area contributed by atoms with E-state index in [0.717, 1.165) is 30.8 Å². The lowest BCUT2D eigenvalue weighted by molar-refractivity contribution is 0.280. The molecule has 4 nitrogen and oxygen atoms in total. The molecule has 17 heavy (non-hydrogen) atoms. The van der Waals surface area contributed by atoms with Crippen LogP contribution in [0, 0.1) is 0 Å². The average Bonchev–Trinajstić information content (AvgIpc) is 2.79. The Morgan fingerprint density at radius 1 is 1.35 bits per heavy atom. The second-order valence-electron chi connectivity index (χ2n) is 4.09. The van der Waals surface area contributed by atoms with Gasteiger partial charge in [-0.25, -0.2) is 0 Å².